The topological polar surface area (TPSA) is 95.4 Å². The third kappa shape index (κ3) is 3.80. The zero-order valence-electron chi connectivity index (χ0n) is 19.8. The van der Waals surface area contributed by atoms with E-state index in [0.29, 0.717) is 17.1 Å². The lowest BCUT2D eigenvalue weighted by Crippen LogP contribution is -2.33. The second kappa shape index (κ2) is 8.53. The van der Waals surface area contributed by atoms with Crippen molar-refractivity contribution in [3.8, 4) is 0 Å². The molecule has 8 heteroatoms. The minimum atomic E-state index is -0.182. The van der Waals surface area contributed by atoms with Gasteiger partial charge in [-0.05, 0) is 60.2 Å². The Balaban J connectivity index is 1.39. The first-order valence-electron chi connectivity index (χ1n) is 11.5. The number of nitrogens with one attached hydrogen (secondary N) is 2. The Bertz CT molecular complexity index is 1500. The number of hydrogen-bond acceptors (Lipinski definition) is 5. The Labute approximate surface area is 197 Å². The fourth-order valence-electron chi connectivity index (χ4n) is 4.84. The molecule has 1 atom stereocenters. The third-order valence-electron chi connectivity index (χ3n) is 6.68. The zero-order valence-corrected chi connectivity index (χ0v) is 19.8. The van der Waals surface area contributed by atoms with Crippen molar-refractivity contribution in [3.05, 3.63) is 81.0 Å². The highest BCUT2D eigenvalue weighted by molar-refractivity contribution is 5.92. The molecule has 4 aromatic rings. The maximum absolute atomic E-state index is 12.6. The number of nitrogens with zero attached hydrogens (tertiary/aromatic N) is 4. The molecule has 174 valence electrons. The van der Waals surface area contributed by atoms with Crippen LogP contribution in [0.4, 0.5) is 0 Å². The van der Waals surface area contributed by atoms with Crippen molar-refractivity contribution < 1.29 is 4.79 Å². The molecule has 5 rings (SSSR count). The van der Waals surface area contributed by atoms with E-state index in [9.17, 15) is 9.59 Å². The molecule has 1 aromatic carbocycles. The molecule has 1 aliphatic rings. The van der Waals surface area contributed by atoms with Gasteiger partial charge in [0.2, 0.25) is 0 Å². The zero-order chi connectivity index (χ0) is 24.0. The van der Waals surface area contributed by atoms with Crippen LogP contribution in [0.2, 0.25) is 0 Å². The Kier molecular flexibility index (Phi) is 5.53. The molecule has 0 radical (unpaired) electrons. The summed E-state index contributed by atoms with van der Waals surface area (Å²) in [5.41, 5.74) is 8.14. The molecule has 8 nitrogen and oxygen atoms in total. The lowest BCUT2D eigenvalue weighted by Gasteiger charge is -2.31. The van der Waals surface area contributed by atoms with Crippen LogP contribution in [-0.2, 0) is 6.54 Å². The van der Waals surface area contributed by atoms with Crippen LogP contribution in [0.5, 0.6) is 0 Å². The van der Waals surface area contributed by atoms with Crippen LogP contribution in [0.3, 0.4) is 0 Å². The van der Waals surface area contributed by atoms with Gasteiger partial charge in [0, 0.05) is 38.4 Å². The number of aryl methyl sites for hydroxylation is 2. The molecule has 1 unspecified atom stereocenters. The fourth-order valence-corrected chi connectivity index (χ4v) is 4.84. The SMILES string of the molecule is CNC(=O)c1ccc(C2=CCN(Cc3cc4[nH]c(=O)c5c(C)cnn5c4cc3C)CC2C)cn1. The number of carbonyl (C=O) groups is 1. The predicted molar refractivity (Wildman–Crippen MR) is 133 cm³/mol. The van der Waals surface area contributed by atoms with Crippen molar-refractivity contribution in [2.75, 3.05) is 20.1 Å². The van der Waals surface area contributed by atoms with E-state index in [1.807, 2.05) is 13.0 Å². The molecule has 0 spiro atoms. The Morgan fingerprint density at radius 2 is 2.03 bits per heavy atom. The molecule has 3 aromatic heterocycles. The van der Waals surface area contributed by atoms with Crippen molar-refractivity contribution in [2.24, 2.45) is 5.92 Å². The Hall–Kier alpha value is -3.78. The number of rotatable bonds is 4. The number of benzene rings is 1. The van der Waals surface area contributed by atoms with E-state index >= 15 is 0 Å². The number of aromatic nitrogens is 4. The molecular weight excluding hydrogens is 428 g/mol. The molecule has 34 heavy (non-hydrogen) atoms. The summed E-state index contributed by atoms with van der Waals surface area (Å²) in [5.74, 6) is 0.146. The summed E-state index contributed by atoms with van der Waals surface area (Å²) in [6.45, 7) is 8.75. The van der Waals surface area contributed by atoms with Gasteiger partial charge in [-0.2, -0.15) is 5.10 Å². The van der Waals surface area contributed by atoms with Gasteiger partial charge in [-0.15, -0.1) is 0 Å². The quantitative estimate of drug-likeness (QED) is 0.492. The highest BCUT2D eigenvalue weighted by Crippen LogP contribution is 2.29. The smallest absolute Gasteiger partial charge is 0.274 e. The minimum Gasteiger partial charge on any atom is -0.354 e. The summed E-state index contributed by atoms with van der Waals surface area (Å²) < 4.78 is 1.74. The molecule has 4 heterocycles. The van der Waals surface area contributed by atoms with Crippen molar-refractivity contribution in [2.45, 2.75) is 27.3 Å². The normalized spacial score (nSPS) is 16.7. The molecule has 1 amide bonds. The monoisotopic (exact) mass is 456 g/mol. The van der Waals surface area contributed by atoms with Crippen molar-refractivity contribution in [3.63, 3.8) is 0 Å². The molecule has 0 aliphatic carbocycles. The average molecular weight is 457 g/mol. The summed E-state index contributed by atoms with van der Waals surface area (Å²) >= 11 is 0. The summed E-state index contributed by atoms with van der Waals surface area (Å²) in [4.78, 5) is 34.1. The summed E-state index contributed by atoms with van der Waals surface area (Å²) in [5, 5.41) is 7.01. The van der Waals surface area contributed by atoms with Crippen molar-refractivity contribution in [1.82, 2.24) is 29.8 Å². The number of pyridine rings is 1. The summed E-state index contributed by atoms with van der Waals surface area (Å²) in [6.07, 6.45) is 5.76. The van der Waals surface area contributed by atoms with Gasteiger partial charge in [0.25, 0.3) is 11.5 Å². The second-order valence-corrected chi connectivity index (χ2v) is 9.10. The van der Waals surface area contributed by atoms with Crippen LogP contribution < -0.4 is 10.9 Å². The molecule has 0 saturated carbocycles. The fraction of sp³-hybridized carbons (Fsp3) is 0.308. The highest BCUT2D eigenvalue weighted by atomic mass is 16.1. The standard InChI is InChI=1S/C26H28N6O2/c1-15-9-23-22(30-26(34)24-16(2)11-29-32(23)24)10-19(15)14-31-8-7-20(17(3)13-31)18-5-6-21(28-12-18)25(33)27-4/h5-7,9-12,17H,8,13-14H2,1-4H3,(H,27,33)(H,30,34). The summed E-state index contributed by atoms with van der Waals surface area (Å²) in [6, 6.07) is 7.92. The average Bonchev–Trinajstić information content (AvgIpc) is 3.22. The van der Waals surface area contributed by atoms with Crippen LogP contribution in [0.25, 0.3) is 22.1 Å². The van der Waals surface area contributed by atoms with Gasteiger partial charge < -0.3 is 10.3 Å². The largest absolute Gasteiger partial charge is 0.354 e. The van der Waals surface area contributed by atoms with Gasteiger partial charge >= 0.3 is 0 Å². The first kappa shape index (κ1) is 22.0. The van der Waals surface area contributed by atoms with Crippen LogP contribution in [0.15, 0.2) is 47.5 Å². The molecule has 0 saturated heterocycles. The van der Waals surface area contributed by atoms with Crippen molar-refractivity contribution >= 4 is 28.0 Å². The number of H-pyrrole nitrogens is 1. The Morgan fingerprint density at radius 1 is 1.21 bits per heavy atom. The number of carbonyl (C=O) groups excluding carboxylic acids is 1. The number of aromatic amines is 1. The molecular formula is C26H28N6O2. The van der Waals surface area contributed by atoms with Gasteiger partial charge in [-0.25, -0.2) is 4.52 Å². The van der Waals surface area contributed by atoms with Crippen LogP contribution in [0, 0.1) is 19.8 Å². The minimum absolute atomic E-state index is 0.118. The van der Waals surface area contributed by atoms with Gasteiger partial charge in [0.1, 0.15) is 11.2 Å². The van der Waals surface area contributed by atoms with Crippen LogP contribution in [0.1, 0.15) is 39.7 Å². The van der Waals surface area contributed by atoms with E-state index in [1.54, 1.807) is 30.0 Å². The van der Waals surface area contributed by atoms with E-state index < -0.39 is 0 Å². The Morgan fingerprint density at radius 3 is 2.74 bits per heavy atom. The van der Waals surface area contributed by atoms with Gasteiger partial charge in [-0.3, -0.25) is 19.5 Å². The van der Waals surface area contributed by atoms with E-state index in [-0.39, 0.29) is 11.5 Å². The van der Waals surface area contributed by atoms with Crippen LogP contribution >= 0.6 is 0 Å². The first-order chi connectivity index (χ1) is 16.4. The van der Waals surface area contributed by atoms with Gasteiger partial charge in [0.15, 0.2) is 0 Å². The maximum atomic E-state index is 12.6. The first-order valence-corrected chi connectivity index (χ1v) is 11.5. The maximum Gasteiger partial charge on any atom is 0.274 e. The van der Waals surface area contributed by atoms with Crippen molar-refractivity contribution in [1.29, 1.82) is 0 Å². The predicted octanol–water partition coefficient (Wildman–Crippen LogP) is 3.08. The van der Waals surface area contributed by atoms with Gasteiger partial charge in [-0.1, -0.05) is 19.1 Å². The lowest BCUT2D eigenvalue weighted by molar-refractivity contribution is 0.0958. The van der Waals surface area contributed by atoms with E-state index in [2.05, 4.69) is 57.3 Å². The van der Waals surface area contributed by atoms with E-state index in [0.717, 1.165) is 41.8 Å². The highest BCUT2D eigenvalue weighted by Gasteiger charge is 2.22. The molecule has 1 aliphatic heterocycles. The van der Waals surface area contributed by atoms with Crippen LogP contribution in [-0.4, -0.2) is 50.5 Å². The molecule has 0 fully saturated rings. The summed E-state index contributed by atoms with van der Waals surface area (Å²) in [7, 11) is 1.60. The second-order valence-electron chi connectivity index (χ2n) is 9.10. The van der Waals surface area contributed by atoms with E-state index in [1.165, 1.54) is 16.7 Å². The number of amides is 1. The third-order valence-corrected chi connectivity index (χ3v) is 6.68. The molecule has 0 bridgehead atoms. The van der Waals surface area contributed by atoms with E-state index in [4.69, 9.17) is 0 Å². The van der Waals surface area contributed by atoms with Gasteiger partial charge in [0.05, 0.1) is 17.2 Å². The number of fused-ring (bicyclic) bond motifs is 3. The number of hydrogen-bond donors (Lipinski definition) is 2. The lowest BCUT2D eigenvalue weighted by atomic mass is 9.91. The molecule has 2 N–H and O–H groups in total.